The van der Waals surface area contributed by atoms with Crippen LogP contribution < -0.4 is 0 Å². The summed E-state index contributed by atoms with van der Waals surface area (Å²) in [5.74, 6) is 0. The zero-order valence-electron chi connectivity index (χ0n) is 20.0. The van der Waals surface area contributed by atoms with Gasteiger partial charge in [0.25, 0.3) is 0 Å². The fraction of sp³-hybridized carbons (Fsp3) is 0.481. The van der Waals surface area contributed by atoms with E-state index in [2.05, 4.69) is 27.7 Å². The summed E-state index contributed by atoms with van der Waals surface area (Å²) < 4.78 is 0.970. The van der Waals surface area contributed by atoms with Crippen LogP contribution in [0.1, 0.15) is 67.7 Å². The van der Waals surface area contributed by atoms with Crippen LogP contribution in [0.15, 0.2) is 60.7 Å². The van der Waals surface area contributed by atoms with Crippen molar-refractivity contribution >= 4 is 35.8 Å². The molecule has 0 aliphatic carbocycles. The first-order chi connectivity index (χ1) is 15.0. The summed E-state index contributed by atoms with van der Waals surface area (Å²) in [5, 5.41) is 6.55. The standard InChI is InChI=1S/C27H40Ge2O2/c1-5-28(6-2,26(30)24-18-12-9-13-19-24)22-16-11-17-23-29(7-3,8-4)27(31)25-20-14-10-15-21-25/h9-10,12-15,18-21H,5-8,11,16-17,22-23H2,1-4H3. The van der Waals surface area contributed by atoms with Gasteiger partial charge in [-0.2, -0.15) is 0 Å². The molecule has 0 atom stereocenters. The van der Waals surface area contributed by atoms with Crippen molar-refractivity contribution < 1.29 is 9.59 Å². The Balaban J connectivity index is 1.97. The maximum atomic E-state index is 13.3. The zero-order valence-corrected chi connectivity index (χ0v) is 24.2. The number of hydrogen-bond acceptors (Lipinski definition) is 2. The third-order valence-corrected chi connectivity index (χ3v) is 29.7. The molecule has 2 aromatic rings. The van der Waals surface area contributed by atoms with Gasteiger partial charge in [0.05, 0.1) is 0 Å². The number of unbranched alkanes of at least 4 members (excludes halogenated alkanes) is 2. The summed E-state index contributed by atoms with van der Waals surface area (Å²) in [4.78, 5) is 26.7. The molecule has 0 unspecified atom stereocenters. The molecule has 0 N–H and O–H groups in total. The Morgan fingerprint density at radius 3 is 1.16 bits per heavy atom. The van der Waals surface area contributed by atoms with Gasteiger partial charge in [-0.3, -0.25) is 0 Å². The van der Waals surface area contributed by atoms with Crippen molar-refractivity contribution in [1.82, 2.24) is 0 Å². The first-order valence-corrected chi connectivity index (χ1v) is 23.2. The number of rotatable bonds is 14. The summed E-state index contributed by atoms with van der Waals surface area (Å²) in [7, 11) is 0. The Kier molecular flexibility index (Phi) is 10.8. The molecule has 0 fully saturated rings. The van der Waals surface area contributed by atoms with Gasteiger partial charge in [-0.1, -0.05) is 0 Å². The summed E-state index contributed by atoms with van der Waals surface area (Å²) in [6, 6.07) is 19.9. The quantitative estimate of drug-likeness (QED) is 0.179. The van der Waals surface area contributed by atoms with E-state index in [1.807, 2.05) is 60.7 Å². The molecule has 0 aliphatic heterocycles. The predicted molar refractivity (Wildman–Crippen MR) is 138 cm³/mol. The van der Waals surface area contributed by atoms with Crippen LogP contribution >= 0.6 is 0 Å². The van der Waals surface area contributed by atoms with Crippen LogP contribution in [0.5, 0.6) is 0 Å². The molecule has 0 saturated heterocycles. The van der Waals surface area contributed by atoms with Crippen LogP contribution in [-0.4, -0.2) is 35.8 Å². The molecule has 0 amide bonds. The molecule has 0 spiro atoms. The van der Waals surface area contributed by atoms with E-state index in [9.17, 15) is 9.59 Å². The molecule has 0 heterocycles. The van der Waals surface area contributed by atoms with E-state index < -0.39 is 26.5 Å². The topological polar surface area (TPSA) is 34.1 Å². The Bertz CT molecular complexity index is 740. The van der Waals surface area contributed by atoms with Crippen molar-refractivity contribution in [2.75, 3.05) is 0 Å². The molecule has 168 valence electrons. The fourth-order valence-electron chi connectivity index (χ4n) is 4.97. The van der Waals surface area contributed by atoms with Gasteiger partial charge in [0.15, 0.2) is 0 Å². The number of hydrogen-bond donors (Lipinski definition) is 0. The van der Waals surface area contributed by atoms with Gasteiger partial charge in [0.1, 0.15) is 0 Å². The molecule has 2 rings (SSSR count). The SMILES string of the molecule is C[CH2][Ge]([CH2]C)([CH2]CCC[CH2][Ge]([CH2]C)([CH2]C)[C](=O)c1ccccc1)[C](=O)c1ccccc1. The minimum absolute atomic E-state index is 0.485. The Hall–Kier alpha value is -1.13. The predicted octanol–water partition coefficient (Wildman–Crippen LogP) is 7.98. The Morgan fingerprint density at radius 1 is 0.548 bits per heavy atom. The van der Waals surface area contributed by atoms with Crippen LogP contribution in [0.4, 0.5) is 0 Å². The molecule has 0 saturated carbocycles. The minimum atomic E-state index is -2.56. The van der Waals surface area contributed by atoms with E-state index in [1.165, 1.54) is 0 Å². The van der Waals surface area contributed by atoms with E-state index in [-0.39, 0.29) is 0 Å². The van der Waals surface area contributed by atoms with E-state index >= 15 is 0 Å². The molecule has 31 heavy (non-hydrogen) atoms. The van der Waals surface area contributed by atoms with E-state index in [4.69, 9.17) is 0 Å². The fourth-order valence-corrected chi connectivity index (χ4v) is 20.8. The molecule has 0 aromatic heterocycles. The average molecular weight is 542 g/mol. The monoisotopic (exact) mass is 544 g/mol. The van der Waals surface area contributed by atoms with Gasteiger partial charge >= 0.3 is 196 Å². The second-order valence-corrected chi connectivity index (χ2v) is 29.6. The normalized spacial score (nSPS) is 12.0. The maximum absolute atomic E-state index is 13.3. The second-order valence-electron chi connectivity index (χ2n) is 8.93. The van der Waals surface area contributed by atoms with Crippen LogP contribution in [-0.2, 0) is 0 Å². The van der Waals surface area contributed by atoms with Crippen molar-refractivity contribution in [3.8, 4) is 0 Å². The Labute approximate surface area is 194 Å². The summed E-state index contributed by atoms with van der Waals surface area (Å²) in [6.45, 7) is 8.93. The van der Waals surface area contributed by atoms with Gasteiger partial charge in [0, 0.05) is 0 Å². The first-order valence-electron chi connectivity index (χ1n) is 12.2. The molecule has 2 nitrogen and oxygen atoms in total. The second kappa shape index (κ2) is 12.8. The van der Waals surface area contributed by atoms with E-state index in [0.717, 1.165) is 61.9 Å². The average Bonchev–Trinajstić information content (AvgIpc) is 2.85. The van der Waals surface area contributed by atoms with Gasteiger partial charge in [-0.05, 0) is 0 Å². The van der Waals surface area contributed by atoms with Crippen molar-refractivity contribution in [2.24, 2.45) is 0 Å². The summed E-state index contributed by atoms with van der Waals surface area (Å²) >= 11 is -5.13. The van der Waals surface area contributed by atoms with Crippen molar-refractivity contribution in [3.05, 3.63) is 71.8 Å². The van der Waals surface area contributed by atoms with E-state index in [0.29, 0.717) is 9.23 Å². The summed E-state index contributed by atoms with van der Waals surface area (Å²) in [5.41, 5.74) is 1.84. The third kappa shape index (κ3) is 6.44. The third-order valence-electron chi connectivity index (χ3n) is 7.55. The molecule has 0 radical (unpaired) electrons. The first kappa shape index (κ1) is 26.1. The van der Waals surface area contributed by atoms with Gasteiger partial charge in [-0.25, -0.2) is 0 Å². The molecular formula is C27H40Ge2O2. The molecule has 4 heteroatoms. The van der Waals surface area contributed by atoms with Gasteiger partial charge < -0.3 is 0 Å². The molecule has 0 bridgehead atoms. The Morgan fingerprint density at radius 2 is 0.871 bits per heavy atom. The number of carbonyl (C=O) groups excluding carboxylic acids is 2. The van der Waals surface area contributed by atoms with E-state index in [1.54, 1.807) is 0 Å². The van der Waals surface area contributed by atoms with Crippen molar-refractivity contribution in [1.29, 1.82) is 0 Å². The summed E-state index contributed by atoms with van der Waals surface area (Å²) in [6.07, 6.45) is 3.45. The molecular weight excluding hydrogens is 502 g/mol. The van der Waals surface area contributed by atoms with Crippen molar-refractivity contribution in [3.63, 3.8) is 0 Å². The zero-order chi connectivity index (χ0) is 22.7. The molecule has 2 aromatic carbocycles. The number of carbonyl (C=O) groups is 2. The van der Waals surface area contributed by atoms with Crippen LogP contribution in [0.2, 0.25) is 31.5 Å². The molecule has 0 aliphatic rings. The number of benzene rings is 2. The van der Waals surface area contributed by atoms with Crippen LogP contribution in [0, 0.1) is 0 Å². The van der Waals surface area contributed by atoms with Gasteiger partial charge in [0.2, 0.25) is 0 Å². The van der Waals surface area contributed by atoms with Crippen molar-refractivity contribution in [2.45, 2.75) is 78.5 Å². The van der Waals surface area contributed by atoms with Crippen LogP contribution in [0.3, 0.4) is 0 Å². The van der Waals surface area contributed by atoms with Gasteiger partial charge in [-0.15, -0.1) is 0 Å². The van der Waals surface area contributed by atoms with Crippen LogP contribution in [0.25, 0.3) is 0 Å².